The zero-order valence-electron chi connectivity index (χ0n) is 12.7. The second-order valence-corrected chi connectivity index (χ2v) is 6.03. The van der Waals surface area contributed by atoms with E-state index in [4.69, 9.17) is 5.11 Å². The van der Waals surface area contributed by atoms with Gasteiger partial charge in [-0.25, -0.2) is 14.8 Å². The summed E-state index contributed by atoms with van der Waals surface area (Å²) in [7, 11) is 0. The number of nitrogens with zero attached hydrogens (tertiary/aromatic N) is 4. The zero-order valence-corrected chi connectivity index (χ0v) is 12.7. The molecule has 2 N–H and O–H groups in total. The van der Waals surface area contributed by atoms with Crippen LogP contribution in [0.1, 0.15) is 34.6 Å². The van der Waals surface area contributed by atoms with E-state index < -0.39 is 5.97 Å². The van der Waals surface area contributed by atoms with Crippen molar-refractivity contribution in [3.63, 3.8) is 0 Å². The van der Waals surface area contributed by atoms with Crippen LogP contribution in [0.3, 0.4) is 0 Å². The lowest BCUT2D eigenvalue weighted by atomic mass is 10.1. The third kappa shape index (κ3) is 2.93. The first-order valence-electron chi connectivity index (χ1n) is 7.27. The van der Waals surface area contributed by atoms with Gasteiger partial charge in [0.15, 0.2) is 0 Å². The Morgan fingerprint density at radius 2 is 2.23 bits per heavy atom. The molecule has 2 heterocycles. The van der Waals surface area contributed by atoms with Gasteiger partial charge in [-0.3, -0.25) is 4.68 Å². The van der Waals surface area contributed by atoms with E-state index in [0.717, 1.165) is 30.8 Å². The normalized spacial score (nSPS) is 15.5. The van der Waals surface area contributed by atoms with Crippen LogP contribution >= 0.6 is 0 Å². The van der Waals surface area contributed by atoms with Crippen molar-refractivity contribution >= 4 is 11.8 Å². The van der Waals surface area contributed by atoms with Gasteiger partial charge >= 0.3 is 5.97 Å². The number of hydrogen-bond acceptors (Lipinski definition) is 5. The highest BCUT2D eigenvalue weighted by Gasteiger charge is 2.43. The molecule has 1 fully saturated rings. The molecule has 0 spiro atoms. The van der Waals surface area contributed by atoms with Gasteiger partial charge in [-0.05, 0) is 32.8 Å². The summed E-state index contributed by atoms with van der Waals surface area (Å²) >= 11 is 0. The van der Waals surface area contributed by atoms with Crippen molar-refractivity contribution in [3.8, 4) is 0 Å². The van der Waals surface area contributed by atoms with Crippen LogP contribution in [0, 0.1) is 19.3 Å². The highest BCUT2D eigenvalue weighted by atomic mass is 16.4. The topological polar surface area (TPSA) is 92.9 Å². The summed E-state index contributed by atoms with van der Waals surface area (Å²) < 4.78 is 2.03. The van der Waals surface area contributed by atoms with Crippen LogP contribution in [0.15, 0.2) is 18.6 Å². The second-order valence-electron chi connectivity index (χ2n) is 6.03. The molecule has 0 bridgehead atoms. The van der Waals surface area contributed by atoms with E-state index in [9.17, 15) is 4.79 Å². The molecule has 0 amide bonds. The van der Waals surface area contributed by atoms with Gasteiger partial charge in [-0.15, -0.1) is 0 Å². The van der Waals surface area contributed by atoms with Crippen molar-refractivity contribution in [3.05, 3.63) is 35.5 Å². The predicted octanol–water partition coefficient (Wildman–Crippen LogP) is 1.88. The Balaban J connectivity index is 1.69. The molecular weight excluding hydrogens is 282 g/mol. The fourth-order valence-electron chi connectivity index (χ4n) is 2.62. The van der Waals surface area contributed by atoms with Crippen LogP contribution in [-0.4, -0.2) is 37.4 Å². The molecule has 0 radical (unpaired) electrons. The van der Waals surface area contributed by atoms with Crippen molar-refractivity contribution < 1.29 is 9.90 Å². The minimum atomic E-state index is -1.02. The van der Waals surface area contributed by atoms with Crippen molar-refractivity contribution in [2.45, 2.75) is 33.2 Å². The molecule has 1 aliphatic carbocycles. The molecule has 116 valence electrons. The van der Waals surface area contributed by atoms with Crippen molar-refractivity contribution in [2.75, 3.05) is 11.9 Å². The van der Waals surface area contributed by atoms with Gasteiger partial charge in [0, 0.05) is 30.4 Å². The molecule has 1 aliphatic rings. The quantitative estimate of drug-likeness (QED) is 0.846. The molecule has 22 heavy (non-hydrogen) atoms. The Labute approximate surface area is 128 Å². The standard InChI is InChI=1S/C15H19N5O2/c1-10-5-11(2)20(19-10)8-15(3-4-15)7-17-13-12(14(21)22)6-16-9-18-13/h5-6,9H,3-4,7-8H2,1-2H3,(H,21,22)(H,16,17,18). The maximum absolute atomic E-state index is 11.2. The van der Waals surface area contributed by atoms with E-state index in [1.807, 2.05) is 11.6 Å². The minimum absolute atomic E-state index is 0.101. The van der Waals surface area contributed by atoms with Gasteiger partial charge in [-0.2, -0.15) is 5.10 Å². The number of carboxylic acid groups (broad SMARTS) is 1. The molecule has 2 aromatic heterocycles. The molecule has 0 unspecified atom stereocenters. The van der Waals surface area contributed by atoms with Crippen molar-refractivity contribution in [1.82, 2.24) is 19.7 Å². The van der Waals surface area contributed by atoms with Crippen molar-refractivity contribution in [2.24, 2.45) is 5.41 Å². The Bertz CT molecular complexity index is 706. The molecular formula is C15H19N5O2. The summed E-state index contributed by atoms with van der Waals surface area (Å²) in [6.45, 7) is 5.56. The van der Waals surface area contributed by atoms with E-state index in [2.05, 4.69) is 33.4 Å². The fraction of sp³-hybridized carbons (Fsp3) is 0.467. The van der Waals surface area contributed by atoms with Crippen LogP contribution in [-0.2, 0) is 6.54 Å². The Morgan fingerprint density at radius 1 is 1.45 bits per heavy atom. The number of carbonyl (C=O) groups is 1. The number of carboxylic acids is 1. The van der Waals surface area contributed by atoms with E-state index >= 15 is 0 Å². The number of hydrogen-bond donors (Lipinski definition) is 2. The van der Waals surface area contributed by atoms with Crippen LogP contribution in [0.2, 0.25) is 0 Å². The van der Waals surface area contributed by atoms with Crippen LogP contribution in [0.5, 0.6) is 0 Å². The lowest BCUT2D eigenvalue weighted by Crippen LogP contribution is -2.24. The number of aromatic nitrogens is 4. The lowest BCUT2D eigenvalue weighted by Gasteiger charge is -2.18. The fourth-order valence-corrected chi connectivity index (χ4v) is 2.62. The number of anilines is 1. The first kappa shape index (κ1) is 14.5. The molecule has 0 atom stereocenters. The predicted molar refractivity (Wildman–Crippen MR) is 80.8 cm³/mol. The van der Waals surface area contributed by atoms with Gasteiger partial charge in [0.05, 0.1) is 5.69 Å². The summed E-state index contributed by atoms with van der Waals surface area (Å²) in [5, 5.41) is 16.8. The summed E-state index contributed by atoms with van der Waals surface area (Å²) in [4.78, 5) is 19.0. The first-order valence-corrected chi connectivity index (χ1v) is 7.27. The third-order valence-electron chi connectivity index (χ3n) is 4.12. The number of aromatic carboxylic acids is 1. The second kappa shape index (κ2) is 5.40. The van der Waals surface area contributed by atoms with Gasteiger partial charge in [-0.1, -0.05) is 0 Å². The zero-order chi connectivity index (χ0) is 15.7. The number of rotatable bonds is 6. The number of aryl methyl sites for hydroxylation is 2. The molecule has 7 heteroatoms. The summed E-state index contributed by atoms with van der Waals surface area (Å²) in [5.41, 5.74) is 2.40. The Morgan fingerprint density at radius 3 is 2.82 bits per heavy atom. The highest BCUT2D eigenvalue weighted by Crippen LogP contribution is 2.47. The SMILES string of the molecule is Cc1cc(C)n(CC2(CNc3ncncc3C(=O)O)CC2)n1. The molecule has 0 saturated heterocycles. The van der Waals surface area contributed by atoms with Gasteiger partial charge in [0.1, 0.15) is 17.7 Å². The van der Waals surface area contributed by atoms with E-state index in [-0.39, 0.29) is 11.0 Å². The van der Waals surface area contributed by atoms with Crippen LogP contribution < -0.4 is 5.32 Å². The summed E-state index contributed by atoms with van der Waals surface area (Å²) in [5.74, 6) is -0.645. The van der Waals surface area contributed by atoms with Gasteiger partial charge in [0.25, 0.3) is 0 Å². The minimum Gasteiger partial charge on any atom is -0.477 e. The number of nitrogens with one attached hydrogen (secondary N) is 1. The largest absolute Gasteiger partial charge is 0.477 e. The maximum Gasteiger partial charge on any atom is 0.341 e. The molecule has 7 nitrogen and oxygen atoms in total. The van der Waals surface area contributed by atoms with Crippen LogP contribution in [0.4, 0.5) is 5.82 Å². The van der Waals surface area contributed by atoms with E-state index in [0.29, 0.717) is 12.4 Å². The van der Waals surface area contributed by atoms with Crippen molar-refractivity contribution in [1.29, 1.82) is 0 Å². The molecule has 0 aromatic carbocycles. The third-order valence-corrected chi connectivity index (χ3v) is 4.12. The Kier molecular flexibility index (Phi) is 3.56. The summed E-state index contributed by atoms with van der Waals surface area (Å²) in [6.07, 6.45) is 4.88. The first-order chi connectivity index (χ1) is 10.5. The molecule has 3 rings (SSSR count). The van der Waals surface area contributed by atoms with E-state index in [1.165, 1.54) is 12.5 Å². The highest BCUT2D eigenvalue weighted by molar-refractivity contribution is 5.92. The monoisotopic (exact) mass is 301 g/mol. The smallest absolute Gasteiger partial charge is 0.341 e. The average Bonchev–Trinajstić information content (AvgIpc) is 3.17. The maximum atomic E-state index is 11.2. The van der Waals surface area contributed by atoms with E-state index in [1.54, 1.807) is 0 Å². The average molecular weight is 301 g/mol. The molecule has 0 aliphatic heterocycles. The summed E-state index contributed by atoms with van der Waals surface area (Å²) in [6, 6.07) is 2.07. The van der Waals surface area contributed by atoms with Crippen LogP contribution in [0.25, 0.3) is 0 Å². The molecule has 2 aromatic rings. The lowest BCUT2D eigenvalue weighted by molar-refractivity contribution is 0.0697. The molecule has 1 saturated carbocycles. The van der Waals surface area contributed by atoms with Gasteiger partial charge < -0.3 is 10.4 Å². The Hall–Kier alpha value is -2.44. The van der Waals surface area contributed by atoms with Gasteiger partial charge in [0.2, 0.25) is 0 Å².